The van der Waals surface area contributed by atoms with Crippen LogP contribution in [-0.4, -0.2) is 4.57 Å². The fraction of sp³-hybridized carbons (Fsp3) is 0.0390. The van der Waals surface area contributed by atoms with Gasteiger partial charge in [-0.05, 0) is 141 Å². The minimum Gasteiger partial charge on any atom is -0.454 e. The zero-order chi connectivity index (χ0) is 58.9. The summed E-state index contributed by atoms with van der Waals surface area (Å²) in [5.74, 6) is 0. The number of anilines is 6. The number of hydrogen-bond acceptors (Lipinski definition) is 4. The van der Waals surface area contributed by atoms with Gasteiger partial charge in [0.2, 0.25) is 0 Å². The lowest BCUT2D eigenvalue weighted by atomic mass is 9.65. The van der Waals surface area contributed by atoms with Crippen molar-refractivity contribution < 1.29 is 35.2 Å². The van der Waals surface area contributed by atoms with E-state index in [1.807, 2.05) is 119 Å². The standard InChI is InChI=1S/C77H43F6N3O2/c78-76(79,80)44-34-38-46(39-35-44)84(64-30-14-24-56-51-19-6-11-32-68(51)87-73(56)64)66-42-60-70(53-21-3-1-16-48(53)66)71-54-22-4-2-17-49(54)67(85(47-40-36-45(37-41-47)77(81,82)83)65-31-15-25-57-52-20-7-12-33-69(52)88-74(57)65)43-61(71)75(60)58-26-8-10-29-63(58)86-62-28-9-5-18-50(62)55-23-13-27-59(75)72(55)86/h1-43H. The molecule has 5 nitrogen and oxygen atoms in total. The largest absolute Gasteiger partial charge is 0.454 e. The molecule has 4 heterocycles. The Bertz CT molecular complexity index is 5370. The lowest BCUT2D eigenvalue weighted by Gasteiger charge is -2.40. The molecule has 0 N–H and O–H groups in total. The normalized spacial score (nSPS) is 13.4. The van der Waals surface area contributed by atoms with Gasteiger partial charge in [0.1, 0.15) is 11.2 Å². The van der Waals surface area contributed by atoms with Crippen LogP contribution in [0.4, 0.5) is 60.5 Å². The third-order valence-corrected chi connectivity index (χ3v) is 18.4. The Morgan fingerprint density at radius 3 is 1.23 bits per heavy atom. The van der Waals surface area contributed by atoms with Gasteiger partial charge in [-0.3, -0.25) is 0 Å². The van der Waals surface area contributed by atoms with Crippen LogP contribution in [0.2, 0.25) is 0 Å². The van der Waals surface area contributed by atoms with E-state index < -0.39 is 28.9 Å². The molecule has 13 aromatic carbocycles. The van der Waals surface area contributed by atoms with Gasteiger partial charge in [0.15, 0.2) is 11.2 Å². The number of furan rings is 2. The van der Waals surface area contributed by atoms with Crippen molar-refractivity contribution >= 4 is 121 Å². The lowest BCUT2D eigenvalue weighted by Crippen LogP contribution is -2.34. The van der Waals surface area contributed by atoms with Gasteiger partial charge in [-0.25, -0.2) is 0 Å². The zero-order valence-electron chi connectivity index (χ0n) is 46.3. The molecule has 2 aliphatic rings. The summed E-state index contributed by atoms with van der Waals surface area (Å²) < 4.78 is 104. The molecule has 18 rings (SSSR count). The van der Waals surface area contributed by atoms with E-state index in [9.17, 15) is 26.3 Å². The molecule has 0 saturated heterocycles. The van der Waals surface area contributed by atoms with Crippen LogP contribution in [0, 0.1) is 0 Å². The summed E-state index contributed by atoms with van der Waals surface area (Å²) >= 11 is 0. The maximum absolute atomic E-state index is 14.6. The minimum atomic E-state index is -4.60. The third-order valence-electron chi connectivity index (χ3n) is 18.4. The quantitative estimate of drug-likeness (QED) is 0.156. The van der Waals surface area contributed by atoms with Gasteiger partial charge in [-0.2, -0.15) is 26.3 Å². The van der Waals surface area contributed by atoms with Gasteiger partial charge in [-0.1, -0.05) is 164 Å². The highest BCUT2D eigenvalue weighted by Crippen LogP contribution is 2.66. The molecule has 16 aromatic rings. The number of hydrogen-bond donors (Lipinski definition) is 0. The second kappa shape index (κ2) is 18.0. The molecule has 420 valence electrons. The number of nitrogens with zero attached hydrogens (tertiary/aromatic N) is 3. The SMILES string of the molecule is FC(F)(F)c1ccc(N(c2cc3c(c4ccccc24)-c2c(cc(N(c4ccc(C(F)(F)F)cc4)c4cccc5c4oc4ccccc45)c4ccccc24)C32c3ccccc3-n3c4ccccc4c4cccc2c43)c2cccc3c2oc2ccccc23)cc1. The highest BCUT2D eigenvalue weighted by Gasteiger charge is 2.53. The van der Waals surface area contributed by atoms with Crippen LogP contribution in [0.25, 0.3) is 104 Å². The van der Waals surface area contributed by atoms with E-state index in [1.165, 1.54) is 24.3 Å². The Morgan fingerprint density at radius 1 is 0.318 bits per heavy atom. The number of rotatable bonds is 6. The van der Waals surface area contributed by atoms with Crippen LogP contribution in [0.3, 0.4) is 0 Å². The Kier molecular flexibility index (Phi) is 10.3. The third kappa shape index (κ3) is 6.83. The van der Waals surface area contributed by atoms with Crippen molar-refractivity contribution in [2.75, 3.05) is 9.80 Å². The summed E-state index contributed by atoms with van der Waals surface area (Å²) in [7, 11) is 0. The number of halogens is 6. The second-order valence-electron chi connectivity index (χ2n) is 22.8. The van der Waals surface area contributed by atoms with E-state index in [0.717, 1.165) is 128 Å². The molecular weight excluding hydrogens is 1110 g/mol. The summed E-state index contributed by atoms with van der Waals surface area (Å²) in [5.41, 5.74) is 12.0. The van der Waals surface area contributed by atoms with E-state index in [0.29, 0.717) is 56.5 Å². The monoisotopic (exact) mass is 1160 g/mol. The van der Waals surface area contributed by atoms with Crippen LogP contribution < -0.4 is 9.80 Å². The van der Waals surface area contributed by atoms with Crippen LogP contribution in [-0.2, 0) is 17.8 Å². The van der Waals surface area contributed by atoms with Crippen molar-refractivity contribution in [1.82, 2.24) is 4.57 Å². The van der Waals surface area contributed by atoms with Crippen molar-refractivity contribution in [3.05, 3.63) is 294 Å². The van der Waals surface area contributed by atoms with Gasteiger partial charge < -0.3 is 23.2 Å². The molecule has 3 aromatic heterocycles. The van der Waals surface area contributed by atoms with Gasteiger partial charge in [0.25, 0.3) is 0 Å². The summed E-state index contributed by atoms with van der Waals surface area (Å²) in [6, 6.07) is 82.6. The predicted octanol–water partition coefficient (Wildman–Crippen LogP) is 22.5. The molecule has 1 aliphatic heterocycles. The lowest BCUT2D eigenvalue weighted by molar-refractivity contribution is -0.138. The van der Waals surface area contributed by atoms with Crippen molar-refractivity contribution in [3.63, 3.8) is 0 Å². The second-order valence-corrected chi connectivity index (χ2v) is 22.8. The number of fused-ring (bicyclic) bond motifs is 22. The first-order valence-electron chi connectivity index (χ1n) is 29.0. The molecule has 0 saturated carbocycles. The molecule has 88 heavy (non-hydrogen) atoms. The van der Waals surface area contributed by atoms with Crippen molar-refractivity contribution in [1.29, 1.82) is 0 Å². The Morgan fingerprint density at radius 2 is 0.716 bits per heavy atom. The highest BCUT2D eigenvalue weighted by molar-refractivity contribution is 6.22. The molecule has 0 fully saturated rings. The van der Waals surface area contributed by atoms with Crippen LogP contribution in [0.5, 0.6) is 0 Å². The maximum Gasteiger partial charge on any atom is 0.416 e. The Balaban J connectivity index is 1.02. The molecule has 1 spiro atoms. The van der Waals surface area contributed by atoms with Crippen molar-refractivity contribution in [2.24, 2.45) is 0 Å². The van der Waals surface area contributed by atoms with Crippen molar-refractivity contribution in [3.8, 4) is 16.8 Å². The molecule has 0 radical (unpaired) electrons. The van der Waals surface area contributed by atoms with Gasteiger partial charge in [0, 0.05) is 54.5 Å². The molecule has 0 bridgehead atoms. The summed E-state index contributed by atoms with van der Waals surface area (Å²) in [6.45, 7) is 0. The van der Waals surface area contributed by atoms with E-state index >= 15 is 0 Å². The number of alkyl halides is 6. The fourth-order valence-corrected chi connectivity index (χ4v) is 14.9. The predicted molar refractivity (Wildman–Crippen MR) is 341 cm³/mol. The van der Waals surface area contributed by atoms with Crippen LogP contribution >= 0.6 is 0 Å². The average molecular weight is 1160 g/mol. The fourth-order valence-electron chi connectivity index (χ4n) is 14.9. The molecule has 0 atom stereocenters. The topological polar surface area (TPSA) is 37.7 Å². The van der Waals surface area contributed by atoms with E-state index in [2.05, 4.69) is 108 Å². The number of benzene rings is 13. The summed E-state index contributed by atoms with van der Waals surface area (Å²) in [4.78, 5) is 4.08. The molecule has 1 aliphatic carbocycles. The van der Waals surface area contributed by atoms with Crippen LogP contribution in [0.1, 0.15) is 33.4 Å². The van der Waals surface area contributed by atoms with Crippen LogP contribution in [0.15, 0.2) is 270 Å². The number of aromatic nitrogens is 1. The van der Waals surface area contributed by atoms with Gasteiger partial charge in [-0.15, -0.1) is 0 Å². The first-order valence-corrected chi connectivity index (χ1v) is 29.0. The van der Waals surface area contributed by atoms with Gasteiger partial charge in [0.05, 0.1) is 56.0 Å². The zero-order valence-corrected chi connectivity index (χ0v) is 46.3. The Labute approximate surface area is 497 Å². The van der Waals surface area contributed by atoms with Crippen molar-refractivity contribution in [2.45, 2.75) is 17.8 Å². The minimum absolute atomic E-state index is 0.474. The molecule has 0 unspecified atom stereocenters. The molecule has 0 amide bonds. The highest BCUT2D eigenvalue weighted by atomic mass is 19.4. The first-order chi connectivity index (χ1) is 42.9. The first kappa shape index (κ1) is 50.3. The summed E-state index contributed by atoms with van der Waals surface area (Å²) in [5, 5.41) is 9.02. The maximum atomic E-state index is 14.6. The van der Waals surface area contributed by atoms with Gasteiger partial charge >= 0.3 is 12.4 Å². The Hall–Kier alpha value is -11.0. The number of para-hydroxylation sites is 7. The average Bonchev–Trinajstić information content (AvgIpc) is 1.49. The molecular formula is C77H43F6N3O2. The van der Waals surface area contributed by atoms with E-state index in [1.54, 1.807) is 0 Å². The van der Waals surface area contributed by atoms with E-state index in [-0.39, 0.29) is 0 Å². The summed E-state index contributed by atoms with van der Waals surface area (Å²) in [6.07, 6.45) is -9.19. The van der Waals surface area contributed by atoms with E-state index in [4.69, 9.17) is 8.83 Å². The smallest absolute Gasteiger partial charge is 0.416 e. The molecule has 11 heteroatoms.